The molecule has 2 unspecified atom stereocenters. The zero-order valence-corrected chi connectivity index (χ0v) is 23.5. The molecule has 0 saturated carbocycles. The number of hydrogen-bond donors (Lipinski definition) is 3. The molecule has 3 aliphatic rings. The molecule has 2 aliphatic carbocycles. The van der Waals surface area contributed by atoms with E-state index in [0.29, 0.717) is 5.69 Å². The maximum atomic E-state index is 14.1. The molecule has 1 aliphatic heterocycles. The summed E-state index contributed by atoms with van der Waals surface area (Å²) in [5.74, 6) is -1.30. The van der Waals surface area contributed by atoms with E-state index in [1.165, 1.54) is 18.1 Å². The van der Waals surface area contributed by atoms with Crippen LogP contribution in [0, 0.1) is 0 Å². The van der Waals surface area contributed by atoms with Crippen LogP contribution in [0.2, 0.25) is 0 Å². The van der Waals surface area contributed by atoms with Gasteiger partial charge in [-0.15, -0.1) is 12.4 Å². The van der Waals surface area contributed by atoms with Crippen molar-refractivity contribution in [3.05, 3.63) is 96.6 Å². The van der Waals surface area contributed by atoms with Crippen molar-refractivity contribution in [3.8, 4) is 11.1 Å². The Balaban J connectivity index is 0.000000460. The lowest BCUT2D eigenvalue weighted by Gasteiger charge is -2.34. The summed E-state index contributed by atoms with van der Waals surface area (Å²) < 4.78 is 0. The zero-order chi connectivity index (χ0) is 27.6. The Morgan fingerprint density at radius 2 is 1.60 bits per heavy atom. The minimum absolute atomic E-state index is 0. The van der Waals surface area contributed by atoms with Gasteiger partial charge in [-0.05, 0) is 66.6 Å². The molecule has 8 heteroatoms. The highest BCUT2D eigenvalue weighted by Crippen LogP contribution is 2.34. The molecular formula is C32H33ClN4O3. The van der Waals surface area contributed by atoms with Gasteiger partial charge in [0, 0.05) is 0 Å². The van der Waals surface area contributed by atoms with Gasteiger partial charge in [0.05, 0.1) is 30.5 Å². The minimum atomic E-state index is -1.73. The first kappa shape index (κ1) is 28.8. The normalized spacial score (nSPS) is 17.2. The number of Topliss-reactive ketones (excluding diaryl/α,β-unsaturated/α-hetero) is 1. The topological polar surface area (TPSA) is 90.5 Å². The number of halogens is 1. The predicted molar refractivity (Wildman–Crippen MR) is 163 cm³/mol. The van der Waals surface area contributed by atoms with Gasteiger partial charge in [-0.25, -0.2) is 0 Å². The number of carbonyl (C=O) groups is 3. The van der Waals surface area contributed by atoms with Crippen LogP contribution in [0.4, 0.5) is 11.4 Å². The number of nitrogens with one attached hydrogen (secondary N) is 3. The maximum absolute atomic E-state index is 14.1. The molecule has 0 saturated heterocycles. The lowest BCUT2D eigenvalue weighted by Crippen LogP contribution is -2.68. The lowest BCUT2D eigenvalue weighted by atomic mass is 9.91. The summed E-state index contributed by atoms with van der Waals surface area (Å²) in [7, 11) is 1.65. The quantitative estimate of drug-likeness (QED) is 0.258. The molecule has 2 atom stereocenters. The fraction of sp³-hybridized carbons (Fsp3) is 0.219. The molecule has 0 fully saturated rings. The van der Waals surface area contributed by atoms with E-state index < -0.39 is 29.2 Å². The summed E-state index contributed by atoms with van der Waals surface area (Å²) in [6.45, 7) is 3.24. The molecule has 3 aromatic rings. The Labute approximate surface area is 240 Å². The van der Waals surface area contributed by atoms with E-state index in [2.05, 4.69) is 40.2 Å². The van der Waals surface area contributed by atoms with E-state index in [1.807, 2.05) is 66.7 Å². The van der Waals surface area contributed by atoms with E-state index in [9.17, 15) is 14.4 Å². The van der Waals surface area contributed by atoms with Crippen LogP contribution in [0.1, 0.15) is 19.4 Å². The molecule has 0 spiro atoms. The molecule has 7 nitrogen and oxygen atoms in total. The van der Waals surface area contributed by atoms with E-state index in [4.69, 9.17) is 0 Å². The first-order valence-electron chi connectivity index (χ1n) is 13.1. The molecule has 6 rings (SSSR count). The number of amides is 2. The Morgan fingerprint density at radius 3 is 2.25 bits per heavy atom. The number of benzene rings is 4. The zero-order valence-electron chi connectivity index (χ0n) is 22.7. The van der Waals surface area contributed by atoms with Crippen molar-refractivity contribution >= 4 is 52.2 Å². The summed E-state index contributed by atoms with van der Waals surface area (Å²) in [6.07, 6.45) is 0. The van der Waals surface area contributed by atoms with Crippen molar-refractivity contribution in [2.24, 2.45) is 0 Å². The second-order valence-corrected chi connectivity index (χ2v) is 9.94. The van der Waals surface area contributed by atoms with Gasteiger partial charge in [-0.1, -0.05) is 72.8 Å². The number of hydrogen-bond acceptors (Lipinski definition) is 5. The third-order valence-electron chi connectivity index (χ3n) is 7.43. The van der Waals surface area contributed by atoms with Crippen LogP contribution in [0.5, 0.6) is 0 Å². The number of likely N-dealkylation sites (N-methyl/N-ethyl adjacent to an activating group) is 1. The Hall–Kier alpha value is -4.20. The van der Waals surface area contributed by atoms with Crippen molar-refractivity contribution in [1.82, 2.24) is 10.6 Å². The van der Waals surface area contributed by atoms with Gasteiger partial charge < -0.3 is 20.9 Å². The van der Waals surface area contributed by atoms with Crippen molar-refractivity contribution in [1.29, 1.82) is 0 Å². The SMILES string of the molecule is CNC(C)C(=O)NC1(C(C)=O)CNc2ccccc2N(Cc2cccc3ccccc23)C1=O.Cl.c1cc2cc-2c1. The number of fused-ring (bicyclic) bond motifs is 3. The molecule has 0 aromatic heterocycles. The largest absolute Gasteiger partial charge is 0.380 e. The monoisotopic (exact) mass is 556 g/mol. The second kappa shape index (κ2) is 11.9. The standard InChI is InChI=1S/C26H28N4O3.C6H4.ClH/c1-17(27-3)24(32)29-26(18(2)31)16-28-22-13-6-7-14-23(22)30(25(26)33)15-20-11-8-10-19-9-4-5-12-21(19)20;1-2-5-4-6(5)3-1;/h4-14,17,27-28H,15-16H2,1-3H3,(H,29,32);1-4H;1H. The molecule has 40 heavy (non-hydrogen) atoms. The molecule has 0 bridgehead atoms. The minimum Gasteiger partial charge on any atom is -0.380 e. The second-order valence-electron chi connectivity index (χ2n) is 9.94. The van der Waals surface area contributed by atoms with Gasteiger partial charge in [0.15, 0.2) is 11.3 Å². The van der Waals surface area contributed by atoms with Crippen molar-refractivity contribution in [3.63, 3.8) is 0 Å². The summed E-state index contributed by atoms with van der Waals surface area (Å²) in [4.78, 5) is 41.5. The van der Waals surface area contributed by atoms with Gasteiger partial charge in [0.1, 0.15) is 0 Å². The Bertz CT molecular complexity index is 1550. The maximum Gasteiger partial charge on any atom is 0.262 e. The first-order chi connectivity index (χ1) is 18.8. The summed E-state index contributed by atoms with van der Waals surface area (Å²) >= 11 is 0. The smallest absolute Gasteiger partial charge is 0.262 e. The van der Waals surface area contributed by atoms with E-state index in [-0.39, 0.29) is 25.5 Å². The van der Waals surface area contributed by atoms with Gasteiger partial charge in [0.2, 0.25) is 5.91 Å². The first-order valence-corrected chi connectivity index (χ1v) is 13.1. The molecule has 2 amide bonds. The predicted octanol–water partition coefficient (Wildman–Crippen LogP) is 4.94. The van der Waals surface area contributed by atoms with Crippen molar-refractivity contribution in [2.75, 3.05) is 23.8 Å². The number of para-hydroxylation sites is 2. The summed E-state index contributed by atoms with van der Waals surface area (Å²) in [6, 6.07) is 29.3. The van der Waals surface area contributed by atoms with Crippen molar-refractivity contribution < 1.29 is 14.4 Å². The fourth-order valence-corrected chi connectivity index (χ4v) is 4.85. The molecular weight excluding hydrogens is 524 g/mol. The Kier molecular flexibility index (Phi) is 8.57. The molecule has 206 valence electrons. The highest BCUT2D eigenvalue weighted by Gasteiger charge is 2.49. The van der Waals surface area contributed by atoms with Crippen LogP contribution >= 0.6 is 12.4 Å². The summed E-state index contributed by atoms with van der Waals surface area (Å²) in [5.41, 5.74) is 3.46. The summed E-state index contributed by atoms with van der Waals surface area (Å²) in [5, 5.41) is 10.9. The average molecular weight is 557 g/mol. The third kappa shape index (κ3) is 5.57. The van der Waals surface area contributed by atoms with E-state index >= 15 is 0 Å². The number of carbonyl (C=O) groups excluding carboxylic acids is 3. The van der Waals surface area contributed by atoms with Crippen LogP contribution in [-0.4, -0.2) is 42.8 Å². The van der Waals surface area contributed by atoms with Crippen LogP contribution in [0.3, 0.4) is 0 Å². The number of ketones is 1. The fourth-order valence-electron chi connectivity index (χ4n) is 4.85. The van der Waals surface area contributed by atoms with E-state index in [0.717, 1.165) is 22.0 Å². The Morgan fingerprint density at radius 1 is 0.950 bits per heavy atom. The average Bonchev–Trinajstić information content (AvgIpc) is 3.59. The van der Waals surface area contributed by atoms with E-state index in [1.54, 1.807) is 18.9 Å². The highest BCUT2D eigenvalue weighted by atomic mass is 35.5. The van der Waals surface area contributed by atoms with Crippen LogP contribution in [0.15, 0.2) is 91.0 Å². The van der Waals surface area contributed by atoms with Gasteiger partial charge >= 0.3 is 0 Å². The van der Waals surface area contributed by atoms with Crippen LogP contribution in [-0.2, 0) is 20.9 Å². The molecule has 3 N–H and O–H groups in total. The molecule has 3 aromatic carbocycles. The molecule has 0 radical (unpaired) electrons. The third-order valence-corrected chi connectivity index (χ3v) is 7.43. The highest BCUT2D eigenvalue weighted by molar-refractivity contribution is 6.19. The number of nitrogens with zero attached hydrogens (tertiary/aromatic N) is 1. The van der Waals surface area contributed by atoms with Gasteiger partial charge in [0.25, 0.3) is 5.91 Å². The van der Waals surface area contributed by atoms with Gasteiger partial charge in [-0.3, -0.25) is 14.4 Å². The van der Waals surface area contributed by atoms with Gasteiger partial charge in [-0.2, -0.15) is 0 Å². The van der Waals surface area contributed by atoms with Crippen molar-refractivity contribution in [2.45, 2.75) is 32.0 Å². The number of rotatable bonds is 6. The lowest BCUT2D eigenvalue weighted by molar-refractivity contribution is -0.139. The van der Waals surface area contributed by atoms with Crippen LogP contribution < -0.4 is 20.9 Å². The number of anilines is 2. The van der Waals surface area contributed by atoms with Crippen LogP contribution in [0.25, 0.3) is 21.9 Å². The molecule has 1 heterocycles.